The van der Waals surface area contributed by atoms with E-state index in [1.54, 1.807) is 31.3 Å². The molecule has 26 heavy (non-hydrogen) atoms. The van der Waals surface area contributed by atoms with Crippen molar-refractivity contribution in [2.75, 3.05) is 18.7 Å². The van der Waals surface area contributed by atoms with Crippen molar-refractivity contribution in [3.8, 4) is 17.0 Å². The lowest BCUT2D eigenvalue weighted by atomic mass is 10.1. The maximum absolute atomic E-state index is 5.33. The van der Waals surface area contributed by atoms with Gasteiger partial charge in [-0.15, -0.1) is 11.8 Å². The molecule has 1 N–H and O–H groups in total. The van der Waals surface area contributed by atoms with E-state index in [1.165, 1.54) is 4.90 Å². The Morgan fingerprint density at radius 3 is 2.73 bits per heavy atom. The van der Waals surface area contributed by atoms with Crippen LogP contribution in [0.3, 0.4) is 0 Å². The summed E-state index contributed by atoms with van der Waals surface area (Å²) < 4.78 is 7.33. The molecule has 0 radical (unpaired) electrons. The first-order valence-corrected chi connectivity index (χ1v) is 9.38. The maximum atomic E-state index is 5.33. The molecule has 0 saturated heterocycles. The second-order valence-corrected chi connectivity index (χ2v) is 6.58. The molecule has 2 aromatic heterocycles. The fourth-order valence-electron chi connectivity index (χ4n) is 2.81. The average molecular weight is 362 g/mol. The van der Waals surface area contributed by atoms with Crippen LogP contribution in [0.2, 0.25) is 0 Å². The van der Waals surface area contributed by atoms with E-state index in [0.29, 0.717) is 0 Å². The van der Waals surface area contributed by atoms with Crippen LogP contribution in [0.5, 0.6) is 5.75 Å². The molecule has 6 heteroatoms. The number of rotatable bonds is 5. The van der Waals surface area contributed by atoms with Crippen molar-refractivity contribution >= 4 is 28.9 Å². The summed E-state index contributed by atoms with van der Waals surface area (Å²) in [4.78, 5) is 10.2. The molecule has 2 heterocycles. The Kier molecular flexibility index (Phi) is 4.50. The van der Waals surface area contributed by atoms with Gasteiger partial charge < -0.3 is 10.1 Å². The SMILES string of the molecule is COc1cccc(Nc2c(-c3ccc(SC)cc3)nc3cnccn23)c1. The predicted octanol–water partition coefficient (Wildman–Crippen LogP) is 4.87. The van der Waals surface area contributed by atoms with Crippen molar-refractivity contribution in [3.05, 3.63) is 67.1 Å². The normalized spacial score (nSPS) is 10.8. The van der Waals surface area contributed by atoms with Crippen molar-refractivity contribution in [2.45, 2.75) is 4.90 Å². The molecule has 0 aliphatic heterocycles. The number of aromatic nitrogens is 3. The molecule has 0 fully saturated rings. The number of methoxy groups -OCH3 is 1. The number of fused-ring (bicyclic) bond motifs is 1. The number of benzene rings is 2. The van der Waals surface area contributed by atoms with Crippen molar-refractivity contribution in [1.82, 2.24) is 14.4 Å². The summed E-state index contributed by atoms with van der Waals surface area (Å²) in [6, 6.07) is 16.3. The van der Waals surface area contributed by atoms with Crippen LogP contribution in [0.15, 0.2) is 72.0 Å². The number of imidazole rings is 1. The molecule has 0 atom stereocenters. The van der Waals surface area contributed by atoms with E-state index >= 15 is 0 Å². The summed E-state index contributed by atoms with van der Waals surface area (Å²) in [5.74, 6) is 1.70. The van der Waals surface area contributed by atoms with Gasteiger partial charge in [-0.3, -0.25) is 9.38 Å². The highest BCUT2D eigenvalue weighted by molar-refractivity contribution is 7.98. The summed E-state index contributed by atoms with van der Waals surface area (Å²) in [7, 11) is 1.66. The van der Waals surface area contributed by atoms with Gasteiger partial charge in [-0.1, -0.05) is 18.2 Å². The highest BCUT2D eigenvalue weighted by Crippen LogP contribution is 2.32. The number of hydrogen-bond donors (Lipinski definition) is 1. The van der Waals surface area contributed by atoms with Crippen LogP contribution in [0.25, 0.3) is 16.9 Å². The Balaban J connectivity index is 1.83. The summed E-state index contributed by atoms with van der Waals surface area (Å²) in [6.07, 6.45) is 7.49. The van der Waals surface area contributed by atoms with E-state index in [2.05, 4.69) is 40.8 Å². The third-order valence-corrected chi connectivity index (χ3v) is 4.87. The monoisotopic (exact) mass is 362 g/mol. The van der Waals surface area contributed by atoms with E-state index in [4.69, 9.17) is 9.72 Å². The minimum atomic E-state index is 0.793. The Bertz CT molecular complexity index is 1040. The van der Waals surface area contributed by atoms with E-state index in [9.17, 15) is 0 Å². The fourth-order valence-corrected chi connectivity index (χ4v) is 3.22. The molecule has 4 rings (SSSR count). The molecule has 0 aliphatic rings. The molecule has 0 bridgehead atoms. The second-order valence-electron chi connectivity index (χ2n) is 5.70. The molecular formula is C20H18N4OS. The number of ether oxygens (including phenoxy) is 1. The fraction of sp³-hybridized carbons (Fsp3) is 0.100. The lowest BCUT2D eigenvalue weighted by Crippen LogP contribution is -1.97. The smallest absolute Gasteiger partial charge is 0.157 e. The quantitative estimate of drug-likeness (QED) is 0.513. The molecule has 0 aliphatic carbocycles. The van der Waals surface area contributed by atoms with Crippen molar-refractivity contribution in [3.63, 3.8) is 0 Å². The third kappa shape index (κ3) is 3.11. The van der Waals surface area contributed by atoms with Gasteiger partial charge in [0, 0.05) is 34.6 Å². The Labute approximate surface area is 156 Å². The van der Waals surface area contributed by atoms with Crippen molar-refractivity contribution in [1.29, 1.82) is 0 Å². The first-order chi connectivity index (χ1) is 12.8. The zero-order valence-corrected chi connectivity index (χ0v) is 15.3. The van der Waals surface area contributed by atoms with Gasteiger partial charge in [-0.25, -0.2) is 4.98 Å². The highest BCUT2D eigenvalue weighted by Gasteiger charge is 2.14. The summed E-state index contributed by atoms with van der Waals surface area (Å²) >= 11 is 1.72. The minimum absolute atomic E-state index is 0.793. The maximum Gasteiger partial charge on any atom is 0.157 e. The van der Waals surface area contributed by atoms with Gasteiger partial charge in [0.2, 0.25) is 0 Å². The van der Waals surface area contributed by atoms with Crippen LogP contribution in [0, 0.1) is 0 Å². The Morgan fingerprint density at radius 1 is 1.12 bits per heavy atom. The van der Waals surface area contributed by atoms with Gasteiger partial charge >= 0.3 is 0 Å². The summed E-state index contributed by atoms with van der Waals surface area (Å²) in [5.41, 5.74) is 3.66. The van der Waals surface area contributed by atoms with E-state index in [0.717, 1.165) is 34.2 Å². The lowest BCUT2D eigenvalue weighted by Gasteiger charge is -2.10. The van der Waals surface area contributed by atoms with Gasteiger partial charge in [0.1, 0.15) is 17.3 Å². The molecule has 0 saturated carbocycles. The number of anilines is 2. The first kappa shape index (κ1) is 16.5. The first-order valence-electron chi connectivity index (χ1n) is 8.16. The molecule has 5 nitrogen and oxygen atoms in total. The highest BCUT2D eigenvalue weighted by atomic mass is 32.2. The average Bonchev–Trinajstić information content (AvgIpc) is 3.07. The van der Waals surface area contributed by atoms with E-state index in [-0.39, 0.29) is 0 Å². The third-order valence-electron chi connectivity index (χ3n) is 4.13. The predicted molar refractivity (Wildman–Crippen MR) is 106 cm³/mol. The lowest BCUT2D eigenvalue weighted by molar-refractivity contribution is 0.415. The largest absolute Gasteiger partial charge is 0.497 e. The van der Waals surface area contributed by atoms with Crippen molar-refractivity contribution in [2.24, 2.45) is 0 Å². The molecular weight excluding hydrogens is 344 g/mol. The summed E-state index contributed by atoms with van der Waals surface area (Å²) in [5, 5.41) is 3.48. The van der Waals surface area contributed by atoms with Crippen LogP contribution in [0.4, 0.5) is 11.5 Å². The molecule has 0 unspecified atom stereocenters. The molecule has 4 aromatic rings. The second kappa shape index (κ2) is 7.09. The van der Waals surface area contributed by atoms with Gasteiger partial charge in [0.15, 0.2) is 5.65 Å². The number of hydrogen-bond acceptors (Lipinski definition) is 5. The van der Waals surface area contributed by atoms with Crippen LogP contribution in [0.1, 0.15) is 0 Å². The van der Waals surface area contributed by atoms with Crippen molar-refractivity contribution < 1.29 is 4.74 Å². The van der Waals surface area contributed by atoms with Crippen LogP contribution in [-0.2, 0) is 0 Å². The zero-order chi connectivity index (χ0) is 17.9. The number of nitrogens with one attached hydrogen (secondary N) is 1. The van der Waals surface area contributed by atoms with Crippen LogP contribution >= 0.6 is 11.8 Å². The van der Waals surface area contributed by atoms with Gasteiger partial charge in [-0.2, -0.15) is 0 Å². The molecule has 2 aromatic carbocycles. The van der Waals surface area contributed by atoms with Crippen LogP contribution < -0.4 is 10.1 Å². The Morgan fingerprint density at radius 2 is 1.96 bits per heavy atom. The van der Waals surface area contributed by atoms with E-state index in [1.807, 2.05) is 34.9 Å². The summed E-state index contributed by atoms with van der Waals surface area (Å²) in [6.45, 7) is 0. The molecule has 0 amide bonds. The Hall–Kier alpha value is -2.99. The number of thioether (sulfide) groups is 1. The van der Waals surface area contributed by atoms with Gasteiger partial charge in [0.25, 0.3) is 0 Å². The molecule has 130 valence electrons. The van der Waals surface area contributed by atoms with Gasteiger partial charge in [0.05, 0.1) is 13.3 Å². The topological polar surface area (TPSA) is 51.5 Å². The molecule has 0 spiro atoms. The van der Waals surface area contributed by atoms with Gasteiger partial charge in [-0.05, 0) is 30.5 Å². The number of nitrogens with zero attached hydrogens (tertiary/aromatic N) is 3. The zero-order valence-electron chi connectivity index (χ0n) is 14.5. The minimum Gasteiger partial charge on any atom is -0.497 e. The van der Waals surface area contributed by atoms with Crippen LogP contribution in [-0.4, -0.2) is 27.7 Å². The van der Waals surface area contributed by atoms with E-state index < -0.39 is 0 Å². The standard InChI is InChI=1S/C20H18N4OS/c1-25-16-5-3-4-15(12-16)22-20-19(14-6-8-17(26-2)9-7-14)23-18-13-21-10-11-24(18)20/h3-13,22H,1-2H3.